The first-order chi connectivity index (χ1) is 10.4. The molecule has 0 aromatic heterocycles. The molecule has 132 valence electrons. The molecule has 0 aromatic carbocycles. The number of rotatable bonds is 0. The number of piperazine rings is 1. The monoisotopic (exact) mass is 347 g/mol. The van der Waals surface area contributed by atoms with Gasteiger partial charge in [0.25, 0.3) is 0 Å². The van der Waals surface area contributed by atoms with Crippen molar-refractivity contribution in [2.75, 3.05) is 38.7 Å². The molecule has 0 aromatic rings. The van der Waals surface area contributed by atoms with E-state index < -0.39 is 33.6 Å². The molecule has 23 heavy (non-hydrogen) atoms. The van der Waals surface area contributed by atoms with Crippen LogP contribution in [0.3, 0.4) is 0 Å². The zero-order chi connectivity index (χ0) is 17.6. The fraction of sp³-hybridized carbons (Fsp3) is 0.857. The summed E-state index contributed by atoms with van der Waals surface area (Å²) in [4.78, 5) is 29.1. The van der Waals surface area contributed by atoms with Crippen LogP contribution >= 0.6 is 0 Å². The first-order valence-corrected chi connectivity index (χ1v) is 9.41. The molecule has 2 fully saturated rings. The number of hydrogen-bond donors (Lipinski definition) is 0. The maximum Gasteiger partial charge on any atom is 0.410 e. The van der Waals surface area contributed by atoms with Crippen molar-refractivity contribution in [3.8, 4) is 0 Å². The van der Waals surface area contributed by atoms with Gasteiger partial charge in [-0.1, -0.05) is 0 Å². The number of sulfone groups is 1. The van der Waals surface area contributed by atoms with E-state index in [-0.39, 0.29) is 24.1 Å². The summed E-state index contributed by atoms with van der Waals surface area (Å²) in [6, 6.07) is -1.30. The van der Waals surface area contributed by atoms with Crippen molar-refractivity contribution < 1.29 is 22.7 Å². The highest BCUT2D eigenvalue weighted by atomic mass is 32.2. The van der Waals surface area contributed by atoms with Crippen LogP contribution in [0.25, 0.3) is 0 Å². The summed E-state index contributed by atoms with van der Waals surface area (Å²) >= 11 is 0. The maximum absolute atomic E-state index is 12.4. The predicted octanol–water partition coefficient (Wildman–Crippen LogP) is 0.386. The minimum atomic E-state index is -3.29. The highest BCUT2D eigenvalue weighted by Gasteiger charge is 2.50. The van der Waals surface area contributed by atoms with Crippen LogP contribution in [0.2, 0.25) is 0 Å². The Labute approximate surface area is 137 Å². The molecule has 0 N–H and O–H groups in total. The van der Waals surface area contributed by atoms with Crippen molar-refractivity contribution in [2.24, 2.45) is 0 Å². The Bertz CT molecular complexity index is 596. The lowest BCUT2D eigenvalue weighted by Gasteiger charge is -2.44. The summed E-state index contributed by atoms with van der Waals surface area (Å²) in [5, 5.41) is 0. The molecule has 2 aliphatic heterocycles. The van der Waals surface area contributed by atoms with E-state index in [1.54, 1.807) is 39.8 Å². The molecule has 0 spiro atoms. The first-order valence-electron chi connectivity index (χ1n) is 7.59. The number of nitrogens with zero attached hydrogens (tertiary/aromatic N) is 3. The summed E-state index contributed by atoms with van der Waals surface area (Å²) in [6.45, 7) is 5.86. The van der Waals surface area contributed by atoms with Crippen molar-refractivity contribution in [3.05, 3.63) is 0 Å². The first kappa shape index (κ1) is 17.8. The minimum absolute atomic E-state index is 0.115. The molecule has 0 unspecified atom stereocenters. The number of hydrogen-bond acceptors (Lipinski definition) is 5. The Morgan fingerprint density at radius 3 is 2.00 bits per heavy atom. The number of urea groups is 1. The fourth-order valence-corrected chi connectivity index (χ4v) is 4.98. The van der Waals surface area contributed by atoms with Crippen molar-refractivity contribution in [1.29, 1.82) is 0 Å². The Balaban J connectivity index is 2.25. The molecule has 9 heteroatoms. The second-order valence-electron chi connectivity index (χ2n) is 7.26. The van der Waals surface area contributed by atoms with Gasteiger partial charge in [-0.25, -0.2) is 18.0 Å². The number of carbonyl (C=O) groups is 2. The van der Waals surface area contributed by atoms with Gasteiger partial charge in [0.1, 0.15) is 5.60 Å². The predicted molar refractivity (Wildman–Crippen MR) is 85.0 cm³/mol. The zero-order valence-corrected chi connectivity index (χ0v) is 15.1. The third-order valence-electron chi connectivity index (χ3n) is 3.93. The van der Waals surface area contributed by atoms with Gasteiger partial charge in [-0.3, -0.25) is 0 Å². The average molecular weight is 347 g/mol. The normalized spacial score (nSPS) is 26.7. The SMILES string of the molecule is CN(C)C(=O)N1CCN(C(=O)OC(C)(C)C)[C@H]2CS(=O)(=O)C[C@@H]21. The van der Waals surface area contributed by atoms with Gasteiger partial charge in [-0.05, 0) is 20.8 Å². The van der Waals surface area contributed by atoms with Crippen LogP contribution < -0.4 is 0 Å². The summed E-state index contributed by atoms with van der Waals surface area (Å²) in [7, 11) is -0.0409. The number of ether oxygens (including phenoxy) is 1. The molecule has 2 rings (SSSR count). The van der Waals surface area contributed by atoms with Gasteiger partial charge in [-0.15, -0.1) is 0 Å². The molecule has 0 aliphatic carbocycles. The van der Waals surface area contributed by atoms with Gasteiger partial charge < -0.3 is 19.4 Å². The molecule has 8 nitrogen and oxygen atoms in total. The quantitative estimate of drug-likeness (QED) is 0.632. The lowest BCUT2D eigenvalue weighted by atomic mass is 10.1. The fourth-order valence-electron chi connectivity index (χ4n) is 2.99. The third kappa shape index (κ3) is 3.88. The van der Waals surface area contributed by atoms with Gasteiger partial charge in [0.15, 0.2) is 9.84 Å². The molecule has 2 aliphatic rings. The van der Waals surface area contributed by atoms with Gasteiger partial charge in [-0.2, -0.15) is 0 Å². The summed E-state index contributed by atoms with van der Waals surface area (Å²) < 4.78 is 29.5. The topological polar surface area (TPSA) is 87.2 Å². The van der Waals surface area contributed by atoms with Crippen LogP contribution in [0.4, 0.5) is 9.59 Å². The van der Waals surface area contributed by atoms with E-state index in [0.29, 0.717) is 6.54 Å². The summed E-state index contributed by atoms with van der Waals surface area (Å²) in [6.07, 6.45) is -0.526. The van der Waals surface area contributed by atoms with E-state index in [0.717, 1.165) is 0 Å². The second-order valence-corrected chi connectivity index (χ2v) is 9.41. The van der Waals surface area contributed by atoms with E-state index in [4.69, 9.17) is 4.74 Å². The van der Waals surface area contributed by atoms with Crippen molar-refractivity contribution in [2.45, 2.75) is 38.5 Å². The van der Waals surface area contributed by atoms with Gasteiger partial charge in [0.2, 0.25) is 0 Å². The average Bonchev–Trinajstić information content (AvgIpc) is 2.68. The van der Waals surface area contributed by atoms with E-state index in [1.807, 2.05) is 0 Å². The molecule has 2 saturated heterocycles. The molecule has 3 amide bonds. The molecule has 0 saturated carbocycles. The van der Waals surface area contributed by atoms with Crippen molar-refractivity contribution in [3.63, 3.8) is 0 Å². The number of amides is 3. The van der Waals surface area contributed by atoms with Crippen LogP contribution in [0.5, 0.6) is 0 Å². The van der Waals surface area contributed by atoms with Crippen molar-refractivity contribution >= 4 is 22.0 Å². The lowest BCUT2D eigenvalue weighted by molar-refractivity contribution is -0.00403. The van der Waals surface area contributed by atoms with Crippen LogP contribution in [0.1, 0.15) is 20.8 Å². The largest absolute Gasteiger partial charge is 0.444 e. The highest BCUT2D eigenvalue weighted by molar-refractivity contribution is 7.91. The van der Waals surface area contributed by atoms with Crippen LogP contribution in [0.15, 0.2) is 0 Å². The molecule has 0 bridgehead atoms. The van der Waals surface area contributed by atoms with Gasteiger partial charge in [0, 0.05) is 27.2 Å². The third-order valence-corrected chi connectivity index (χ3v) is 5.63. The van der Waals surface area contributed by atoms with E-state index in [2.05, 4.69) is 0 Å². The van der Waals surface area contributed by atoms with E-state index in [1.165, 1.54) is 9.80 Å². The molecule has 2 atom stereocenters. The second kappa shape index (κ2) is 5.85. The van der Waals surface area contributed by atoms with E-state index >= 15 is 0 Å². The lowest BCUT2D eigenvalue weighted by Crippen LogP contribution is -2.63. The molecule has 2 heterocycles. The Kier molecular flexibility index (Phi) is 4.53. The minimum Gasteiger partial charge on any atom is -0.444 e. The molecule has 0 radical (unpaired) electrons. The molecular formula is C14H25N3O5S. The standard InChI is InChI=1S/C14H25N3O5S/c1-14(2,3)22-13(19)17-7-6-16(12(18)15(4)5)10-8-23(20,21)9-11(10)17/h10-11H,6-9H2,1-5H3/t10-,11-/m0/s1. The Morgan fingerprint density at radius 1 is 1.04 bits per heavy atom. The summed E-state index contributed by atoms with van der Waals surface area (Å²) in [5.41, 5.74) is -0.652. The smallest absolute Gasteiger partial charge is 0.410 e. The number of carbonyl (C=O) groups excluding carboxylic acids is 2. The Morgan fingerprint density at radius 2 is 1.52 bits per heavy atom. The van der Waals surface area contributed by atoms with Crippen LogP contribution in [-0.2, 0) is 14.6 Å². The molecular weight excluding hydrogens is 322 g/mol. The van der Waals surface area contributed by atoms with Gasteiger partial charge >= 0.3 is 12.1 Å². The van der Waals surface area contributed by atoms with Gasteiger partial charge in [0.05, 0.1) is 23.6 Å². The van der Waals surface area contributed by atoms with Crippen LogP contribution in [-0.4, -0.2) is 91.6 Å². The maximum atomic E-state index is 12.4. The highest BCUT2D eigenvalue weighted by Crippen LogP contribution is 2.28. The summed E-state index contributed by atoms with van der Waals surface area (Å²) in [5.74, 6) is -0.245. The van der Waals surface area contributed by atoms with Crippen molar-refractivity contribution in [1.82, 2.24) is 14.7 Å². The van der Waals surface area contributed by atoms with Crippen LogP contribution in [0, 0.1) is 0 Å². The zero-order valence-electron chi connectivity index (χ0n) is 14.3. The van der Waals surface area contributed by atoms with E-state index in [9.17, 15) is 18.0 Å². The Hall–Kier alpha value is -1.51. The number of fused-ring (bicyclic) bond motifs is 1.